The van der Waals surface area contributed by atoms with Gasteiger partial charge in [0, 0.05) is 25.2 Å². The third-order valence-corrected chi connectivity index (χ3v) is 3.68. The van der Waals surface area contributed by atoms with Crippen molar-refractivity contribution in [1.29, 1.82) is 0 Å². The highest BCUT2D eigenvalue weighted by molar-refractivity contribution is 5.06. The first-order valence-corrected chi connectivity index (χ1v) is 6.64. The highest BCUT2D eigenvalue weighted by Crippen LogP contribution is 2.29. The zero-order valence-electron chi connectivity index (χ0n) is 11.5. The maximum absolute atomic E-state index is 12.1. The molecule has 1 aromatic rings. The Morgan fingerprint density at radius 2 is 2.11 bits per heavy atom. The van der Waals surface area contributed by atoms with Crippen LogP contribution in [0.2, 0.25) is 0 Å². The number of ether oxygens (including phenoxy) is 1. The summed E-state index contributed by atoms with van der Waals surface area (Å²) in [6.45, 7) is 3.79. The van der Waals surface area contributed by atoms with E-state index in [1.165, 1.54) is 11.6 Å². The molecule has 0 aliphatic carbocycles. The molecule has 6 nitrogen and oxygen atoms in total. The van der Waals surface area contributed by atoms with Crippen molar-refractivity contribution in [2.45, 2.75) is 51.5 Å². The van der Waals surface area contributed by atoms with Gasteiger partial charge in [-0.1, -0.05) is 13.8 Å². The van der Waals surface area contributed by atoms with Gasteiger partial charge in [0.2, 0.25) is 0 Å². The highest BCUT2D eigenvalue weighted by Gasteiger charge is 2.34. The van der Waals surface area contributed by atoms with Gasteiger partial charge in [0.25, 0.3) is 5.56 Å². The first-order chi connectivity index (χ1) is 8.99. The van der Waals surface area contributed by atoms with Crippen LogP contribution in [0, 0.1) is 0 Å². The van der Waals surface area contributed by atoms with Crippen LogP contribution in [0.5, 0.6) is 0 Å². The van der Waals surface area contributed by atoms with Crippen LogP contribution < -0.4 is 11.2 Å². The normalized spacial score (nSPS) is 26.8. The lowest BCUT2D eigenvalue weighted by molar-refractivity contribution is -0.0223. The first-order valence-electron chi connectivity index (χ1n) is 6.64. The fraction of sp³-hybridized carbons (Fsp3) is 0.692. The molecule has 1 saturated heterocycles. The minimum absolute atomic E-state index is 0.251. The molecule has 0 amide bonds. The van der Waals surface area contributed by atoms with Crippen molar-refractivity contribution in [3.63, 3.8) is 0 Å². The molecule has 0 aromatic carbocycles. The molecule has 106 valence electrons. The number of nitrogens with zero attached hydrogens (tertiary/aromatic N) is 2. The van der Waals surface area contributed by atoms with Crippen LogP contribution in [-0.4, -0.2) is 26.4 Å². The molecule has 2 heterocycles. The summed E-state index contributed by atoms with van der Waals surface area (Å²) in [7, 11) is 1.46. The fourth-order valence-electron chi connectivity index (χ4n) is 2.46. The summed E-state index contributed by atoms with van der Waals surface area (Å²) in [5.41, 5.74) is -0.106. The van der Waals surface area contributed by atoms with E-state index >= 15 is 0 Å². The van der Waals surface area contributed by atoms with Crippen LogP contribution in [0.15, 0.2) is 15.8 Å². The minimum atomic E-state index is -0.566. The molecular weight excluding hydrogens is 248 g/mol. The average Bonchev–Trinajstić information content (AvgIpc) is 2.77. The second kappa shape index (κ2) is 5.30. The lowest BCUT2D eigenvalue weighted by Gasteiger charge is -2.16. The Morgan fingerprint density at radius 3 is 2.63 bits per heavy atom. The lowest BCUT2D eigenvalue weighted by Crippen LogP contribution is -2.40. The number of aliphatic hydroxyl groups excluding tert-OH is 1. The molecule has 0 saturated carbocycles. The molecule has 0 bridgehead atoms. The summed E-state index contributed by atoms with van der Waals surface area (Å²) in [5, 5.41) is 9.85. The van der Waals surface area contributed by atoms with Crippen molar-refractivity contribution in [2.75, 3.05) is 0 Å². The Morgan fingerprint density at radius 1 is 1.42 bits per heavy atom. The van der Waals surface area contributed by atoms with Gasteiger partial charge in [-0.3, -0.25) is 13.9 Å². The molecule has 1 fully saturated rings. The van der Waals surface area contributed by atoms with Gasteiger partial charge in [-0.25, -0.2) is 4.79 Å². The zero-order valence-corrected chi connectivity index (χ0v) is 11.5. The molecule has 2 rings (SSSR count). The van der Waals surface area contributed by atoms with E-state index in [4.69, 9.17) is 4.74 Å². The van der Waals surface area contributed by atoms with Gasteiger partial charge in [0.15, 0.2) is 0 Å². The van der Waals surface area contributed by atoms with E-state index < -0.39 is 18.0 Å². The van der Waals surface area contributed by atoms with Gasteiger partial charge in [-0.05, 0) is 12.8 Å². The molecular formula is C13H20N2O4. The second-order valence-electron chi connectivity index (χ2n) is 4.90. The maximum atomic E-state index is 12.1. The van der Waals surface area contributed by atoms with E-state index in [9.17, 15) is 14.7 Å². The van der Waals surface area contributed by atoms with E-state index in [-0.39, 0.29) is 11.7 Å². The van der Waals surface area contributed by atoms with Crippen molar-refractivity contribution < 1.29 is 9.84 Å². The van der Waals surface area contributed by atoms with E-state index in [0.29, 0.717) is 24.8 Å². The third kappa shape index (κ3) is 2.37. The van der Waals surface area contributed by atoms with Gasteiger partial charge in [0.05, 0.1) is 12.2 Å². The van der Waals surface area contributed by atoms with Crippen molar-refractivity contribution in [2.24, 2.45) is 7.05 Å². The van der Waals surface area contributed by atoms with Gasteiger partial charge in [0.1, 0.15) is 6.23 Å². The van der Waals surface area contributed by atoms with E-state index in [1.54, 1.807) is 6.20 Å². The van der Waals surface area contributed by atoms with Gasteiger partial charge in [-0.2, -0.15) is 0 Å². The van der Waals surface area contributed by atoms with E-state index in [2.05, 4.69) is 0 Å². The van der Waals surface area contributed by atoms with Crippen LogP contribution in [-0.2, 0) is 18.2 Å². The SMILES string of the molecule is CCc1cn(C2CC(O)C(CC)O2)c(=O)n(C)c1=O. The standard InChI is InChI=1S/C13H20N2O4/c1-4-8-7-15(13(18)14(3)12(8)17)11-6-9(16)10(5-2)19-11/h7,9-11,16H,4-6H2,1-3H3. The molecule has 1 aromatic heterocycles. The van der Waals surface area contributed by atoms with Gasteiger partial charge < -0.3 is 9.84 Å². The monoisotopic (exact) mass is 268 g/mol. The molecule has 1 N–H and O–H groups in total. The Hall–Kier alpha value is -1.40. The van der Waals surface area contributed by atoms with Crippen molar-refractivity contribution >= 4 is 0 Å². The van der Waals surface area contributed by atoms with Crippen LogP contribution in [0.1, 0.15) is 38.5 Å². The smallest absolute Gasteiger partial charge is 0.332 e. The zero-order chi connectivity index (χ0) is 14.2. The molecule has 3 atom stereocenters. The molecule has 19 heavy (non-hydrogen) atoms. The molecule has 0 spiro atoms. The van der Waals surface area contributed by atoms with Crippen molar-refractivity contribution in [3.05, 3.63) is 32.6 Å². The number of hydrogen-bond donors (Lipinski definition) is 1. The van der Waals surface area contributed by atoms with Crippen LogP contribution >= 0.6 is 0 Å². The summed E-state index contributed by atoms with van der Waals surface area (Å²) < 4.78 is 8.19. The molecule has 6 heteroatoms. The number of aliphatic hydroxyl groups is 1. The van der Waals surface area contributed by atoms with Crippen LogP contribution in [0.25, 0.3) is 0 Å². The summed E-state index contributed by atoms with van der Waals surface area (Å²) in [5.74, 6) is 0. The Labute approximate surface area is 111 Å². The number of hydrogen-bond acceptors (Lipinski definition) is 4. The van der Waals surface area contributed by atoms with Gasteiger partial charge in [-0.15, -0.1) is 0 Å². The largest absolute Gasteiger partial charge is 0.390 e. The fourth-order valence-corrected chi connectivity index (χ4v) is 2.46. The summed E-state index contributed by atoms with van der Waals surface area (Å²) in [4.78, 5) is 23.9. The first kappa shape index (κ1) is 14.0. The van der Waals surface area contributed by atoms with Crippen molar-refractivity contribution in [3.8, 4) is 0 Å². The third-order valence-electron chi connectivity index (χ3n) is 3.68. The Kier molecular flexibility index (Phi) is 3.91. The van der Waals surface area contributed by atoms with Gasteiger partial charge >= 0.3 is 5.69 Å². The molecule has 0 radical (unpaired) electrons. The molecule has 3 unspecified atom stereocenters. The molecule has 1 aliphatic rings. The maximum Gasteiger partial charge on any atom is 0.332 e. The Bertz CT molecular complexity index is 575. The van der Waals surface area contributed by atoms with E-state index in [0.717, 1.165) is 4.57 Å². The molecule has 1 aliphatic heterocycles. The van der Waals surface area contributed by atoms with Crippen LogP contribution in [0.4, 0.5) is 0 Å². The second-order valence-corrected chi connectivity index (χ2v) is 4.90. The topological polar surface area (TPSA) is 73.5 Å². The number of aryl methyl sites for hydroxylation is 1. The average molecular weight is 268 g/mol. The highest BCUT2D eigenvalue weighted by atomic mass is 16.5. The lowest BCUT2D eigenvalue weighted by atomic mass is 10.1. The summed E-state index contributed by atoms with van der Waals surface area (Å²) >= 11 is 0. The van der Waals surface area contributed by atoms with Crippen LogP contribution in [0.3, 0.4) is 0 Å². The number of rotatable bonds is 3. The quantitative estimate of drug-likeness (QED) is 0.848. The number of aromatic nitrogens is 2. The predicted octanol–water partition coefficient (Wildman–Crippen LogP) is 0.168. The van der Waals surface area contributed by atoms with Crippen molar-refractivity contribution in [1.82, 2.24) is 9.13 Å². The summed E-state index contributed by atoms with van der Waals surface area (Å²) in [6, 6.07) is 0. The summed E-state index contributed by atoms with van der Waals surface area (Å²) in [6.07, 6.45) is 1.87. The Balaban J connectivity index is 2.44. The minimum Gasteiger partial charge on any atom is -0.390 e. The van der Waals surface area contributed by atoms with E-state index in [1.807, 2.05) is 13.8 Å². The predicted molar refractivity (Wildman–Crippen MR) is 70.1 cm³/mol.